The fourth-order valence-electron chi connectivity index (χ4n) is 3.63. The summed E-state index contributed by atoms with van der Waals surface area (Å²) in [6.07, 6.45) is -2.46. The van der Waals surface area contributed by atoms with Crippen molar-refractivity contribution >= 4 is 0 Å². The summed E-state index contributed by atoms with van der Waals surface area (Å²) < 4.78 is 5.78. The van der Waals surface area contributed by atoms with Crippen molar-refractivity contribution in [1.29, 1.82) is 5.26 Å². The number of hydrogen-bond acceptors (Lipinski definition) is 5. The lowest BCUT2D eigenvalue weighted by Crippen LogP contribution is -2.47. The van der Waals surface area contributed by atoms with Gasteiger partial charge in [0.25, 0.3) is 0 Å². The van der Waals surface area contributed by atoms with Gasteiger partial charge in [0, 0.05) is 6.42 Å². The molecule has 1 fully saturated rings. The number of nitrogens with zero attached hydrogens (tertiary/aromatic N) is 1. The monoisotopic (exact) mass is 399 g/mol. The van der Waals surface area contributed by atoms with Gasteiger partial charge in [0.1, 0.15) is 12.2 Å². The van der Waals surface area contributed by atoms with E-state index in [4.69, 9.17) is 4.74 Å². The average Bonchev–Trinajstić information content (AvgIpc) is 2.70. The third-order valence-corrected chi connectivity index (χ3v) is 5.41. The molecular formula is C23H29NO5. The summed E-state index contributed by atoms with van der Waals surface area (Å²) in [7, 11) is 0. The normalized spacial score (nSPS) is 24.0. The molecule has 0 amide bonds. The molecule has 2 aromatic carbocycles. The Balaban J connectivity index is 0.00000300. The van der Waals surface area contributed by atoms with E-state index in [1.165, 1.54) is 5.56 Å². The summed E-state index contributed by atoms with van der Waals surface area (Å²) in [6, 6.07) is 16.1. The quantitative estimate of drug-likeness (QED) is 0.709. The van der Waals surface area contributed by atoms with Crippen molar-refractivity contribution in [2.45, 2.75) is 57.0 Å². The Hall–Kier alpha value is -2.27. The van der Waals surface area contributed by atoms with E-state index < -0.39 is 24.4 Å². The van der Waals surface area contributed by atoms with Crippen LogP contribution < -0.4 is 0 Å². The van der Waals surface area contributed by atoms with Crippen molar-refractivity contribution in [3.63, 3.8) is 0 Å². The zero-order valence-corrected chi connectivity index (χ0v) is 16.7. The Morgan fingerprint density at radius 3 is 2.41 bits per heavy atom. The van der Waals surface area contributed by atoms with Crippen molar-refractivity contribution in [3.05, 3.63) is 70.3 Å². The van der Waals surface area contributed by atoms with Crippen LogP contribution in [0.15, 0.2) is 42.5 Å². The van der Waals surface area contributed by atoms with Crippen LogP contribution in [-0.2, 0) is 11.2 Å². The molecule has 0 saturated carbocycles. The topological polar surface area (TPSA) is 125 Å². The van der Waals surface area contributed by atoms with Gasteiger partial charge in [0.2, 0.25) is 0 Å². The number of benzene rings is 2. The summed E-state index contributed by atoms with van der Waals surface area (Å²) in [4.78, 5) is 0. The van der Waals surface area contributed by atoms with E-state index in [-0.39, 0.29) is 18.5 Å². The molecular weight excluding hydrogens is 370 g/mol. The highest BCUT2D eigenvalue weighted by Gasteiger charge is 2.37. The summed E-state index contributed by atoms with van der Waals surface area (Å²) in [5, 5.41) is 38.9. The minimum Gasteiger partial charge on any atom is -0.412 e. The smallest absolute Gasteiger partial charge is 0.110 e. The summed E-state index contributed by atoms with van der Waals surface area (Å²) >= 11 is 0. The lowest BCUT2D eigenvalue weighted by molar-refractivity contribution is -0.181. The lowest BCUT2D eigenvalue weighted by Gasteiger charge is -2.36. The van der Waals surface area contributed by atoms with Crippen LogP contribution in [0, 0.1) is 11.3 Å². The van der Waals surface area contributed by atoms with Crippen molar-refractivity contribution in [3.8, 4) is 6.07 Å². The molecule has 2 aromatic rings. The molecule has 156 valence electrons. The van der Waals surface area contributed by atoms with Crippen LogP contribution in [-0.4, -0.2) is 45.7 Å². The van der Waals surface area contributed by atoms with Gasteiger partial charge >= 0.3 is 0 Å². The molecule has 6 heteroatoms. The molecule has 0 aliphatic carbocycles. The Kier molecular flexibility index (Phi) is 7.91. The molecule has 1 aliphatic heterocycles. The fraction of sp³-hybridized carbons (Fsp3) is 0.435. The van der Waals surface area contributed by atoms with E-state index in [2.05, 4.69) is 44.2 Å². The maximum Gasteiger partial charge on any atom is 0.110 e. The molecule has 3 rings (SSSR count). The van der Waals surface area contributed by atoms with Gasteiger partial charge in [-0.3, -0.25) is 0 Å². The van der Waals surface area contributed by atoms with Crippen LogP contribution in [0.25, 0.3) is 0 Å². The zero-order valence-electron chi connectivity index (χ0n) is 16.7. The van der Waals surface area contributed by atoms with Gasteiger partial charge in [-0.1, -0.05) is 50.2 Å². The first-order valence-electron chi connectivity index (χ1n) is 9.67. The fourth-order valence-corrected chi connectivity index (χ4v) is 3.63. The Bertz CT molecular complexity index is 843. The first-order chi connectivity index (χ1) is 13.4. The Morgan fingerprint density at radius 1 is 1.14 bits per heavy atom. The molecule has 4 atom stereocenters. The van der Waals surface area contributed by atoms with Crippen LogP contribution in [0.1, 0.15) is 60.1 Å². The molecule has 0 bridgehead atoms. The summed E-state index contributed by atoms with van der Waals surface area (Å²) in [5.41, 5.74) is 4.72. The standard InChI is InChI=1S/C23H27NO4.H2O/c1-14(2)16-5-3-15(4-6-16)9-19-10-17(7-8-18(19)12-24)21-11-20(26)23(27)22(13-25)28-21;/h3-8,10,14,20-23,25-27H,9,11,13H2,1-2H3;1H2/t20?,21-,22-,23?;/m1./s1. The highest BCUT2D eigenvalue weighted by Crippen LogP contribution is 2.33. The number of aliphatic hydroxyl groups is 3. The minimum atomic E-state index is -1.10. The SMILES string of the molecule is CC(C)c1ccc(Cc2cc([C@H]3CC(O)C(O)[C@@H](CO)O3)ccc2C#N)cc1.O. The average molecular weight is 399 g/mol. The van der Waals surface area contributed by atoms with Gasteiger partial charge in [-0.15, -0.1) is 0 Å². The summed E-state index contributed by atoms with van der Waals surface area (Å²) in [6.45, 7) is 3.95. The first kappa shape index (κ1) is 23.0. The molecule has 1 aliphatic rings. The highest BCUT2D eigenvalue weighted by molar-refractivity contribution is 5.44. The second-order valence-electron chi connectivity index (χ2n) is 7.74. The van der Waals surface area contributed by atoms with Crippen LogP contribution in [0.2, 0.25) is 0 Å². The minimum absolute atomic E-state index is 0. The van der Waals surface area contributed by atoms with E-state index in [1.54, 1.807) is 6.07 Å². The molecule has 0 aromatic heterocycles. The molecule has 1 saturated heterocycles. The predicted molar refractivity (Wildman–Crippen MR) is 109 cm³/mol. The highest BCUT2D eigenvalue weighted by atomic mass is 16.5. The Labute approximate surface area is 171 Å². The van der Waals surface area contributed by atoms with Crippen LogP contribution in [0.5, 0.6) is 0 Å². The van der Waals surface area contributed by atoms with E-state index in [0.717, 1.165) is 16.7 Å². The molecule has 29 heavy (non-hydrogen) atoms. The number of aliphatic hydroxyl groups excluding tert-OH is 3. The molecule has 6 nitrogen and oxygen atoms in total. The van der Waals surface area contributed by atoms with Crippen molar-refractivity contribution in [2.24, 2.45) is 0 Å². The third-order valence-electron chi connectivity index (χ3n) is 5.41. The second-order valence-corrected chi connectivity index (χ2v) is 7.74. The van der Waals surface area contributed by atoms with Gasteiger partial charge in [-0.2, -0.15) is 5.26 Å². The molecule has 5 N–H and O–H groups in total. The van der Waals surface area contributed by atoms with Gasteiger partial charge < -0.3 is 25.5 Å². The summed E-state index contributed by atoms with van der Waals surface area (Å²) in [5.74, 6) is 0.469. The number of rotatable bonds is 5. The predicted octanol–water partition coefficient (Wildman–Crippen LogP) is 1.99. The van der Waals surface area contributed by atoms with Gasteiger partial charge in [-0.25, -0.2) is 0 Å². The molecule has 0 spiro atoms. The van der Waals surface area contributed by atoms with Gasteiger partial charge in [0.15, 0.2) is 0 Å². The van der Waals surface area contributed by atoms with Crippen molar-refractivity contribution < 1.29 is 25.5 Å². The van der Waals surface area contributed by atoms with Crippen LogP contribution >= 0.6 is 0 Å². The van der Waals surface area contributed by atoms with E-state index in [0.29, 0.717) is 17.9 Å². The molecule has 1 heterocycles. The van der Waals surface area contributed by atoms with E-state index >= 15 is 0 Å². The van der Waals surface area contributed by atoms with Gasteiger partial charge in [-0.05, 0) is 40.7 Å². The third kappa shape index (κ3) is 5.21. The second kappa shape index (κ2) is 9.97. The number of nitriles is 1. The largest absolute Gasteiger partial charge is 0.412 e. The lowest BCUT2D eigenvalue weighted by atomic mass is 9.90. The van der Waals surface area contributed by atoms with Crippen LogP contribution in [0.4, 0.5) is 0 Å². The van der Waals surface area contributed by atoms with E-state index in [1.807, 2.05) is 12.1 Å². The van der Waals surface area contributed by atoms with E-state index in [9.17, 15) is 20.6 Å². The molecule has 2 unspecified atom stereocenters. The van der Waals surface area contributed by atoms with Gasteiger partial charge in [0.05, 0.1) is 30.4 Å². The van der Waals surface area contributed by atoms with Crippen LogP contribution in [0.3, 0.4) is 0 Å². The zero-order chi connectivity index (χ0) is 20.3. The van der Waals surface area contributed by atoms with Crippen molar-refractivity contribution in [1.82, 2.24) is 0 Å². The maximum atomic E-state index is 10.1. The Morgan fingerprint density at radius 2 is 1.83 bits per heavy atom. The van der Waals surface area contributed by atoms with Crippen molar-refractivity contribution in [2.75, 3.05) is 6.61 Å². The number of hydrogen-bond donors (Lipinski definition) is 3. The first-order valence-corrected chi connectivity index (χ1v) is 9.67. The maximum absolute atomic E-state index is 10.1. The number of ether oxygens (including phenoxy) is 1. The molecule has 0 radical (unpaired) electrons.